The van der Waals surface area contributed by atoms with E-state index >= 15 is 0 Å². The molecular formula is C18H16N4O3S2. The van der Waals surface area contributed by atoms with Crippen molar-refractivity contribution in [3.63, 3.8) is 0 Å². The first-order valence-electron chi connectivity index (χ1n) is 8.18. The Morgan fingerprint density at radius 3 is 3.00 bits per heavy atom. The quantitative estimate of drug-likeness (QED) is 0.393. The Bertz CT molecular complexity index is 1090. The second-order valence-corrected chi connectivity index (χ2v) is 8.26. The van der Waals surface area contributed by atoms with Gasteiger partial charge < -0.3 is 15.8 Å². The predicted octanol–water partition coefficient (Wildman–Crippen LogP) is 3.20. The number of nitrogens with zero attached hydrogens (tertiary/aromatic N) is 2. The molecule has 0 fully saturated rings. The number of thioether (sulfide) groups is 1. The minimum absolute atomic E-state index is 0.0148. The minimum Gasteiger partial charge on any atom is -0.482 e. The molecule has 0 bridgehead atoms. The normalized spacial score (nSPS) is 13.2. The molecule has 0 aliphatic carbocycles. The van der Waals surface area contributed by atoms with E-state index in [1.807, 2.05) is 13.8 Å². The number of fused-ring (bicyclic) bond motifs is 2. The van der Waals surface area contributed by atoms with Gasteiger partial charge in [-0.1, -0.05) is 11.8 Å². The Morgan fingerprint density at radius 2 is 2.19 bits per heavy atom. The van der Waals surface area contributed by atoms with Gasteiger partial charge in [0.15, 0.2) is 17.5 Å². The molecule has 3 aromatic rings. The summed E-state index contributed by atoms with van der Waals surface area (Å²) in [6.45, 7) is 4.01. The number of ketones is 1. The number of anilines is 2. The fraction of sp³-hybridized carbons (Fsp3) is 0.222. The topological polar surface area (TPSA) is 107 Å². The maximum atomic E-state index is 12.5. The van der Waals surface area contributed by atoms with E-state index in [1.54, 1.807) is 29.5 Å². The summed E-state index contributed by atoms with van der Waals surface area (Å²) in [6, 6.07) is 4.99. The third kappa shape index (κ3) is 3.35. The lowest BCUT2D eigenvalue weighted by Gasteiger charge is -2.18. The van der Waals surface area contributed by atoms with Gasteiger partial charge in [0.2, 0.25) is 0 Å². The number of ether oxygens (including phenoxy) is 1. The number of hydrogen-bond donors (Lipinski definition) is 2. The molecule has 1 aliphatic heterocycles. The lowest BCUT2D eigenvalue weighted by atomic mass is 10.1. The van der Waals surface area contributed by atoms with Crippen LogP contribution in [0.15, 0.2) is 23.4 Å². The zero-order valence-electron chi connectivity index (χ0n) is 14.7. The number of amides is 1. The van der Waals surface area contributed by atoms with Gasteiger partial charge in [-0.05, 0) is 37.6 Å². The summed E-state index contributed by atoms with van der Waals surface area (Å²) in [5.41, 5.74) is 8.17. The number of carbonyl (C=O) groups excluding carboxylic acids is 2. The SMILES string of the molecule is Cc1sc2nc(SCC(=O)c3ccc4c(c3)NC(=O)CO4)nc(N)c2c1C. The van der Waals surface area contributed by atoms with Gasteiger partial charge in [0.05, 0.1) is 16.8 Å². The third-order valence-corrected chi connectivity index (χ3v) is 6.25. The van der Waals surface area contributed by atoms with Crippen LogP contribution in [0.1, 0.15) is 20.8 Å². The van der Waals surface area contributed by atoms with Crippen LogP contribution in [0.4, 0.5) is 11.5 Å². The number of carbonyl (C=O) groups is 2. The van der Waals surface area contributed by atoms with E-state index in [1.165, 1.54) is 11.8 Å². The molecule has 4 rings (SSSR count). The summed E-state index contributed by atoms with van der Waals surface area (Å²) >= 11 is 2.81. The highest BCUT2D eigenvalue weighted by molar-refractivity contribution is 7.99. The summed E-state index contributed by atoms with van der Waals surface area (Å²) in [5.74, 6) is 0.833. The lowest BCUT2D eigenvalue weighted by Crippen LogP contribution is -2.25. The van der Waals surface area contributed by atoms with Crippen molar-refractivity contribution in [3.05, 3.63) is 34.2 Å². The molecule has 7 nitrogen and oxygen atoms in total. The molecule has 27 heavy (non-hydrogen) atoms. The molecule has 1 aromatic carbocycles. The summed E-state index contributed by atoms with van der Waals surface area (Å²) in [4.78, 5) is 34.8. The van der Waals surface area contributed by atoms with Gasteiger partial charge in [-0.25, -0.2) is 9.97 Å². The number of nitrogens with two attached hydrogens (primary N) is 1. The second kappa shape index (κ2) is 6.82. The monoisotopic (exact) mass is 400 g/mol. The van der Waals surface area contributed by atoms with E-state index in [2.05, 4.69) is 15.3 Å². The van der Waals surface area contributed by atoms with E-state index in [0.717, 1.165) is 20.7 Å². The van der Waals surface area contributed by atoms with Crippen LogP contribution in [0.25, 0.3) is 10.2 Å². The van der Waals surface area contributed by atoms with Gasteiger partial charge >= 0.3 is 0 Å². The van der Waals surface area contributed by atoms with Crippen LogP contribution >= 0.6 is 23.1 Å². The number of nitrogen functional groups attached to an aromatic ring is 1. The van der Waals surface area contributed by atoms with Crippen LogP contribution in [0, 0.1) is 13.8 Å². The molecule has 3 heterocycles. The lowest BCUT2D eigenvalue weighted by molar-refractivity contribution is -0.118. The molecule has 1 aliphatic rings. The summed E-state index contributed by atoms with van der Waals surface area (Å²) in [5, 5.41) is 4.07. The standard InChI is InChI=1S/C18H16N4O3S2/c1-8-9(2)27-17-15(8)16(19)21-18(22-17)26-7-12(23)10-3-4-13-11(5-10)20-14(24)6-25-13/h3-5H,6-7H2,1-2H3,(H,20,24)(H2,19,21,22). The molecule has 1 amide bonds. The Morgan fingerprint density at radius 1 is 1.37 bits per heavy atom. The van der Waals surface area contributed by atoms with Crippen LogP contribution < -0.4 is 15.8 Å². The van der Waals surface area contributed by atoms with Crippen LogP contribution in [0.3, 0.4) is 0 Å². The van der Waals surface area contributed by atoms with Crippen molar-refractivity contribution >= 4 is 56.5 Å². The molecule has 3 N–H and O–H groups in total. The van der Waals surface area contributed by atoms with Gasteiger partial charge in [-0.15, -0.1) is 11.3 Å². The van der Waals surface area contributed by atoms with E-state index in [0.29, 0.717) is 28.0 Å². The van der Waals surface area contributed by atoms with Gasteiger partial charge in [-0.3, -0.25) is 9.59 Å². The Hall–Kier alpha value is -2.65. The summed E-state index contributed by atoms with van der Waals surface area (Å²) in [7, 11) is 0. The van der Waals surface area contributed by atoms with Crippen molar-refractivity contribution in [1.82, 2.24) is 9.97 Å². The number of benzene rings is 1. The van der Waals surface area contributed by atoms with Crippen molar-refractivity contribution in [2.75, 3.05) is 23.4 Å². The fourth-order valence-electron chi connectivity index (χ4n) is 2.79. The Balaban J connectivity index is 1.52. The second-order valence-electron chi connectivity index (χ2n) is 6.11. The van der Waals surface area contributed by atoms with Crippen molar-refractivity contribution in [2.24, 2.45) is 0 Å². The van der Waals surface area contributed by atoms with Crippen molar-refractivity contribution in [1.29, 1.82) is 0 Å². The zero-order valence-corrected chi connectivity index (χ0v) is 16.3. The number of hydrogen-bond acceptors (Lipinski definition) is 8. The average molecular weight is 400 g/mol. The first kappa shape index (κ1) is 17.7. The van der Waals surface area contributed by atoms with E-state index in [9.17, 15) is 9.59 Å². The molecular weight excluding hydrogens is 384 g/mol. The number of nitrogens with one attached hydrogen (secondary N) is 1. The number of thiophene rings is 1. The molecule has 9 heteroatoms. The van der Waals surface area contributed by atoms with Gasteiger partial charge in [-0.2, -0.15) is 0 Å². The highest BCUT2D eigenvalue weighted by Crippen LogP contribution is 2.34. The maximum Gasteiger partial charge on any atom is 0.262 e. The van der Waals surface area contributed by atoms with Crippen molar-refractivity contribution in [3.8, 4) is 5.75 Å². The van der Waals surface area contributed by atoms with Crippen molar-refractivity contribution < 1.29 is 14.3 Å². The van der Waals surface area contributed by atoms with Crippen LogP contribution in [0.5, 0.6) is 5.75 Å². The smallest absolute Gasteiger partial charge is 0.262 e. The molecule has 0 atom stereocenters. The molecule has 0 unspecified atom stereocenters. The van der Waals surface area contributed by atoms with Gasteiger partial charge in [0.25, 0.3) is 5.91 Å². The molecule has 0 spiro atoms. The van der Waals surface area contributed by atoms with Crippen LogP contribution in [-0.2, 0) is 4.79 Å². The molecule has 2 aromatic heterocycles. The zero-order chi connectivity index (χ0) is 19.1. The average Bonchev–Trinajstić information content (AvgIpc) is 2.93. The van der Waals surface area contributed by atoms with Gasteiger partial charge in [0, 0.05) is 10.4 Å². The largest absolute Gasteiger partial charge is 0.482 e. The number of Topliss-reactive ketones (excluding diaryl/α,β-unsaturated/α-hetero) is 1. The summed E-state index contributed by atoms with van der Waals surface area (Å²) < 4.78 is 5.30. The molecule has 0 radical (unpaired) electrons. The number of aryl methyl sites for hydroxylation is 2. The van der Waals surface area contributed by atoms with Crippen LogP contribution in [-0.4, -0.2) is 34.0 Å². The molecule has 0 saturated heterocycles. The highest BCUT2D eigenvalue weighted by atomic mass is 32.2. The first-order valence-corrected chi connectivity index (χ1v) is 9.98. The van der Waals surface area contributed by atoms with E-state index in [4.69, 9.17) is 10.5 Å². The minimum atomic E-state index is -0.236. The number of rotatable bonds is 4. The van der Waals surface area contributed by atoms with Crippen LogP contribution in [0.2, 0.25) is 0 Å². The van der Waals surface area contributed by atoms with Gasteiger partial charge in [0.1, 0.15) is 16.4 Å². The van der Waals surface area contributed by atoms with E-state index < -0.39 is 0 Å². The third-order valence-electron chi connectivity index (χ3n) is 4.30. The maximum absolute atomic E-state index is 12.5. The first-order chi connectivity index (χ1) is 12.9. The fourth-order valence-corrected chi connectivity index (χ4v) is 4.64. The van der Waals surface area contributed by atoms with E-state index in [-0.39, 0.29) is 24.1 Å². The van der Waals surface area contributed by atoms with Crippen molar-refractivity contribution in [2.45, 2.75) is 19.0 Å². The summed E-state index contributed by atoms with van der Waals surface area (Å²) in [6.07, 6.45) is 0. The Labute approximate surface area is 163 Å². The highest BCUT2D eigenvalue weighted by Gasteiger charge is 2.19. The molecule has 138 valence electrons. The molecule has 0 saturated carbocycles. The predicted molar refractivity (Wildman–Crippen MR) is 107 cm³/mol. The Kier molecular flexibility index (Phi) is 4.48. The number of aromatic nitrogens is 2.